The van der Waals surface area contributed by atoms with Gasteiger partial charge in [0.15, 0.2) is 0 Å². The summed E-state index contributed by atoms with van der Waals surface area (Å²) >= 11 is 0. The maximum atomic E-state index is 13.7. The van der Waals surface area contributed by atoms with Crippen LogP contribution in [0.5, 0.6) is 0 Å². The first-order valence-corrected chi connectivity index (χ1v) is 21.1. The highest BCUT2D eigenvalue weighted by Gasteiger charge is 2.41. The van der Waals surface area contributed by atoms with Gasteiger partial charge in [-0.15, -0.1) is 0 Å². The second-order valence-corrected chi connectivity index (χ2v) is 15.5. The lowest BCUT2D eigenvalue weighted by molar-refractivity contribution is -0.138. The number of aromatic nitrogens is 4. The molecule has 4 heterocycles. The van der Waals surface area contributed by atoms with Gasteiger partial charge < -0.3 is 29.9 Å². The number of aromatic amines is 1. The molecule has 316 valence electrons. The number of carbonyl (C=O) groups excluding carboxylic acids is 2. The number of rotatable bonds is 15. The Balaban J connectivity index is 1.13. The highest BCUT2D eigenvalue weighted by Crippen LogP contribution is 2.44. The second-order valence-electron chi connectivity index (χ2n) is 15.5. The summed E-state index contributed by atoms with van der Waals surface area (Å²) in [6, 6.07) is 44.2. The van der Waals surface area contributed by atoms with Crippen molar-refractivity contribution < 1.29 is 24.2 Å². The summed E-state index contributed by atoms with van der Waals surface area (Å²) < 4.78 is 5.52. The van der Waals surface area contributed by atoms with Gasteiger partial charge in [0.05, 0.1) is 48.5 Å². The van der Waals surface area contributed by atoms with Crippen LogP contribution in [0.25, 0.3) is 0 Å². The zero-order valence-electron chi connectivity index (χ0n) is 34.7. The van der Waals surface area contributed by atoms with Crippen LogP contribution in [0, 0.1) is 0 Å². The molecule has 0 radical (unpaired) electrons. The Morgan fingerprint density at radius 3 is 1.87 bits per heavy atom. The van der Waals surface area contributed by atoms with Crippen LogP contribution >= 0.6 is 0 Å². The predicted molar refractivity (Wildman–Crippen MR) is 240 cm³/mol. The number of H-pyrrole nitrogens is 1. The molecule has 63 heavy (non-hydrogen) atoms. The van der Waals surface area contributed by atoms with Crippen LogP contribution in [0.1, 0.15) is 67.8 Å². The second kappa shape index (κ2) is 17.8. The van der Waals surface area contributed by atoms with E-state index in [2.05, 4.69) is 56.6 Å². The molecule has 3 N–H and O–H groups in total. The minimum absolute atomic E-state index is 0.0148. The van der Waals surface area contributed by atoms with Gasteiger partial charge in [0.2, 0.25) is 5.95 Å². The Bertz CT molecular complexity index is 2590. The molecule has 1 atom stereocenters. The van der Waals surface area contributed by atoms with Gasteiger partial charge in [0, 0.05) is 42.4 Å². The van der Waals surface area contributed by atoms with Gasteiger partial charge in [-0.2, -0.15) is 4.98 Å². The lowest BCUT2D eigenvalue weighted by Crippen LogP contribution is -2.42. The smallest absolute Gasteiger partial charge is 0.326 e. The maximum absolute atomic E-state index is 13.7. The first kappa shape index (κ1) is 40.7. The normalized spacial score (nSPS) is 14.4. The number of amides is 2. The molecule has 2 aromatic heterocycles. The molecule has 13 nitrogen and oxygen atoms in total. The van der Waals surface area contributed by atoms with Gasteiger partial charge >= 0.3 is 5.97 Å². The van der Waals surface area contributed by atoms with E-state index in [0.29, 0.717) is 35.7 Å². The topological polar surface area (TPSA) is 157 Å². The van der Waals surface area contributed by atoms with Gasteiger partial charge in [-0.3, -0.25) is 14.5 Å². The predicted octanol–water partition coefficient (Wildman–Crippen LogP) is 7.83. The molecule has 5 aromatic carbocycles. The number of carboxylic acids is 1. The molecular formula is C50H46N8O5. The van der Waals surface area contributed by atoms with E-state index in [1.54, 1.807) is 42.3 Å². The van der Waals surface area contributed by atoms with Gasteiger partial charge in [0.1, 0.15) is 17.7 Å². The van der Waals surface area contributed by atoms with E-state index in [9.17, 15) is 19.5 Å². The molecule has 2 amide bonds. The van der Waals surface area contributed by atoms with E-state index >= 15 is 0 Å². The fourth-order valence-electron chi connectivity index (χ4n) is 8.76. The van der Waals surface area contributed by atoms with Gasteiger partial charge in [-0.05, 0) is 59.5 Å². The van der Waals surface area contributed by atoms with Crippen LogP contribution in [0.4, 0.5) is 23.1 Å². The number of hydrogen-bond acceptors (Lipinski definition) is 10. The maximum Gasteiger partial charge on any atom is 0.326 e. The Morgan fingerprint density at radius 1 is 0.778 bits per heavy atom. The number of nitrogens with zero attached hydrogens (tertiary/aromatic N) is 6. The molecule has 0 bridgehead atoms. The number of imidazole rings is 1. The van der Waals surface area contributed by atoms with Gasteiger partial charge in [-0.25, -0.2) is 14.8 Å². The summed E-state index contributed by atoms with van der Waals surface area (Å²) in [5.74, 6) is -1.05. The number of nitrogens with one attached hydrogen (secondary N) is 2. The molecule has 2 aliphatic heterocycles. The van der Waals surface area contributed by atoms with Crippen LogP contribution in [0.3, 0.4) is 0 Å². The van der Waals surface area contributed by atoms with E-state index < -0.39 is 29.2 Å². The van der Waals surface area contributed by atoms with Crippen molar-refractivity contribution in [1.82, 2.24) is 24.8 Å². The Labute approximate surface area is 365 Å². The molecule has 0 aliphatic carbocycles. The summed E-state index contributed by atoms with van der Waals surface area (Å²) in [6.45, 7) is 4.53. The molecule has 9 rings (SSSR count). The monoisotopic (exact) mass is 838 g/mol. The standard InChI is InChI=1S/C50H46N8O5/c1-2-42(48(61)62)57(33-44-51-31-43(54-44)50(35-14-6-3-7-15-35,36-16-8-4-9-17-36)37-18-10-5-11-19-37)45-34(32-58-46(59)40-20-12-13-21-41(40)47(58)60)30-52-49(55-45)53-38-22-24-39(25-23-38)56-26-28-63-29-27-56/h3-25,30-31,42H,2,26-29,32-33H2,1H3,(H,51,54)(H,61,62)(H,52,53,55). The zero-order valence-corrected chi connectivity index (χ0v) is 34.7. The third-order valence-electron chi connectivity index (χ3n) is 11.8. The molecular weight excluding hydrogens is 793 g/mol. The van der Waals surface area contributed by atoms with Crippen LogP contribution in [-0.2, 0) is 28.0 Å². The zero-order chi connectivity index (χ0) is 43.3. The number of benzene rings is 5. The SMILES string of the molecule is CCC(C(=O)O)N(Cc1ncc(C(c2ccccc2)(c2ccccc2)c2ccccc2)[nH]1)c1nc(Nc2ccc(N3CCOCC3)cc2)ncc1CN1C(=O)c2ccccc2C1=O. The fourth-order valence-corrected chi connectivity index (χ4v) is 8.76. The average molecular weight is 839 g/mol. The molecule has 1 unspecified atom stereocenters. The summed E-state index contributed by atoms with van der Waals surface area (Å²) in [5.41, 5.74) is 5.78. The van der Waals surface area contributed by atoms with Gasteiger partial charge in [0.25, 0.3) is 11.8 Å². The highest BCUT2D eigenvalue weighted by molar-refractivity contribution is 6.21. The number of carbonyl (C=O) groups is 3. The summed E-state index contributed by atoms with van der Waals surface area (Å²) in [4.78, 5) is 63.9. The molecule has 0 saturated carbocycles. The Morgan fingerprint density at radius 2 is 1.33 bits per heavy atom. The van der Waals surface area contributed by atoms with Crippen LogP contribution < -0.4 is 15.1 Å². The number of anilines is 4. The van der Waals surface area contributed by atoms with Crippen LogP contribution in [-0.4, -0.2) is 80.1 Å². The van der Waals surface area contributed by atoms with E-state index in [-0.39, 0.29) is 31.3 Å². The van der Waals surface area contributed by atoms with Crippen molar-refractivity contribution in [3.05, 3.63) is 197 Å². The highest BCUT2D eigenvalue weighted by atomic mass is 16.5. The Hall–Kier alpha value is -7.64. The van der Waals surface area contributed by atoms with Crippen molar-refractivity contribution >= 4 is 40.9 Å². The van der Waals surface area contributed by atoms with Crippen LogP contribution in [0.2, 0.25) is 0 Å². The first-order valence-electron chi connectivity index (χ1n) is 21.1. The number of aliphatic carboxylic acids is 1. The summed E-state index contributed by atoms with van der Waals surface area (Å²) in [6.07, 6.45) is 3.57. The van der Waals surface area contributed by atoms with Crippen molar-refractivity contribution in [2.45, 2.75) is 37.9 Å². The van der Waals surface area contributed by atoms with Crippen molar-refractivity contribution in [3.8, 4) is 0 Å². The summed E-state index contributed by atoms with van der Waals surface area (Å²) in [7, 11) is 0. The Kier molecular flexibility index (Phi) is 11.5. The van der Waals surface area contributed by atoms with Crippen molar-refractivity contribution in [3.63, 3.8) is 0 Å². The fraction of sp³-hybridized carbons (Fsp3) is 0.200. The molecule has 0 spiro atoms. The summed E-state index contributed by atoms with van der Waals surface area (Å²) in [5, 5.41) is 14.1. The third-order valence-corrected chi connectivity index (χ3v) is 11.8. The van der Waals surface area contributed by atoms with E-state index in [1.807, 2.05) is 85.1 Å². The first-order chi connectivity index (χ1) is 30.8. The van der Waals surface area contributed by atoms with Gasteiger partial charge in [-0.1, -0.05) is 110 Å². The average Bonchev–Trinajstić information content (AvgIpc) is 3.89. The number of fused-ring (bicyclic) bond motifs is 1. The van der Waals surface area contributed by atoms with E-state index in [4.69, 9.17) is 14.7 Å². The third kappa shape index (κ3) is 7.90. The van der Waals surface area contributed by atoms with Crippen molar-refractivity contribution in [2.75, 3.05) is 41.4 Å². The van der Waals surface area contributed by atoms with Crippen molar-refractivity contribution in [1.29, 1.82) is 0 Å². The number of ether oxygens (including phenoxy) is 1. The van der Waals surface area contributed by atoms with Crippen LogP contribution in [0.15, 0.2) is 152 Å². The molecule has 2 aliphatic rings. The molecule has 1 fully saturated rings. The number of carboxylic acid groups (broad SMARTS) is 1. The quantitative estimate of drug-likeness (QED) is 0.0683. The lowest BCUT2D eigenvalue weighted by atomic mass is 9.67. The minimum atomic E-state index is -1.09. The van der Waals surface area contributed by atoms with E-state index in [1.165, 1.54) is 0 Å². The van der Waals surface area contributed by atoms with Crippen molar-refractivity contribution in [2.24, 2.45) is 0 Å². The number of hydrogen-bond donors (Lipinski definition) is 3. The lowest BCUT2D eigenvalue weighted by Gasteiger charge is -2.35. The molecule has 1 saturated heterocycles. The number of imide groups is 1. The minimum Gasteiger partial charge on any atom is -0.480 e. The number of morpholine rings is 1. The molecule has 7 aromatic rings. The molecule has 13 heteroatoms. The van der Waals surface area contributed by atoms with E-state index in [0.717, 1.165) is 51.7 Å². The largest absolute Gasteiger partial charge is 0.480 e.